The van der Waals surface area contributed by atoms with Crippen LogP contribution in [0.2, 0.25) is 0 Å². The van der Waals surface area contributed by atoms with Crippen LogP contribution in [0.4, 0.5) is 0 Å². The molecule has 0 aliphatic rings. The Bertz CT molecular complexity index is 1110. The number of hydrogen-bond acceptors (Lipinski definition) is 7. The monoisotopic (exact) mass is 613 g/mol. The standard InChI is InChI=1S/C35H51NO8/c1-5-7-9-12-15-18-28(37)19-16-13-10-11-14-17-20-30(35(3,42)34(40)41)32(38)36-31(33(39)43-4)26-27-21-23-29(24-22-27)44-25-8-6-2/h17,20-24,30-31,42H,5,7,9-16,18-19,25-26H2,1-4H3,(H,36,38)(H,40,41)/t30-,31?,35+/m1/s1. The number of carboxylic acids is 1. The van der Waals surface area contributed by atoms with E-state index in [2.05, 4.69) is 24.1 Å². The molecule has 3 atom stereocenters. The van der Waals surface area contributed by atoms with Gasteiger partial charge < -0.3 is 25.0 Å². The van der Waals surface area contributed by atoms with Crippen LogP contribution < -0.4 is 10.1 Å². The number of unbranched alkanes of at least 4 members (excludes halogenated alkanes) is 8. The lowest BCUT2D eigenvalue weighted by Gasteiger charge is -2.27. The summed E-state index contributed by atoms with van der Waals surface area (Å²) in [6.07, 6.45) is 14.1. The lowest BCUT2D eigenvalue weighted by Crippen LogP contribution is -2.53. The van der Waals surface area contributed by atoms with Gasteiger partial charge in [-0.25, -0.2) is 9.59 Å². The van der Waals surface area contributed by atoms with Crippen LogP contribution in [0.25, 0.3) is 0 Å². The Morgan fingerprint density at radius 2 is 1.59 bits per heavy atom. The zero-order valence-electron chi connectivity index (χ0n) is 26.9. The number of nitrogens with one attached hydrogen (secondary N) is 1. The van der Waals surface area contributed by atoms with Gasteiger partial charge in [0, 0.05) is 19.3 Å². The summed E-state index contributed by atoms with van der Waals surface area (Å²) in [4.78, 5) is 49.6. The molecule has 0 heterocycles. The summed E-state index contributed by atoms with van der Waals surface area (Å²) in [6, 6.07) is 5.82. The number of ketones is 1. The second-order valence-corrected chi connectivity index (χ2v) is 11.2. The number of esters is 1. The number of carbonyl (C=O) groups is 4. The molecule has 3 N–H and O–H groups in total. The number of rotatable bonds is 23. The fourth-order valence-electron chi connectivity index (χ4n) is 4.63. The van der Waals surface area contributed by atoms with Crippen molar-refractivity contribution >= 4 is 23.6 Å². The highest BCUT2D eigenvalue weighted by Gasteiger charge is 2.43. The maximum absolute atomic E-state index is 13.3. The van der Waals surface area contributed by atoms with Crippen molar-refractivity contribution in [3.63, 3.8) is 0 Å². The Hall–Kier alpha value is -3.64. The third-order valence-corrected chi connectivity index (χ3v) is 7.44. The third-order valence-electron chi connectivity index (χ3n) is 7.44. The van der Waals surface area contributed by atoms with Crippen molar-refractivity contribution in [3.8, 4) is 17.6 Å². The lowest BCUT2D eigenvalue weighted by molar-refractivity contribution is -0.164. The van der Waals surface area contributed by atoms with Gasteiger partial charge >= 0.3 is 11.9 Å². The summed E-state index contributed by atoms with van der Waals surface area (Å²) in [5.74, 6) is 1.94. The van der Waals surface area contributed by atoms with E-state index in [4.69, 9.17) is 9.47 Å². The smallest absolute Gasteiger partial charge is 0.336 e. The predicted molar refractivity (Wildman–Crippen MR) is 170 cm³/mol. The molecule has 0 saturated carbocycles. The summed E-state index contributed by atoms with van der Waals surface area (Å²) in [6.45, 7) is 5.19. The van der Waals surface area contributed by atoms with Crippen molar-refractivity contribution in [1.29, 1.82) is 0 Å². The molecule has 0 spiro atoms. The van der Waals surface area contributed by atoms with Crippen LogP contribution >= 0.6 is 0 Å². The molecular formula is C35H51NO8. The average molecular weight is 614 g/mol. The van der Waals surface area contributed by atoms with Crippen LogP contribution in [0, 0.1) is 17.8 Å². The van der Waals surface area contributed by atoms with Crippen molar-refractivity contribution < 1.29 is 38.9 Å². The van der Waals surface area contributed by atoms with Crippen molar-refractivity contribution in [2.75, 3.05) is 13.7 Å². The Labute approximate surface area is 262 Å². The highest BCUT2D eigenvalue weighted by Crippen LogP contribution is 2.22. The SMILES string of the molecule is CC#CCOc1ccc(CC(NC(=O)[C@@H](C=CCCCCCCC(=O)CCCCCCC)[C@](C)(O)C(=O)O)C(=O)OC)cc1. The molecule has 1 amide bonds. The Morgan fingerprint density at radius 1 is 0.977 bits per heavy atom. The molecule has 0 aliphatic heterocycles. The fraction of sp³-hybridized carbons (Fsp3) is 0.600. The summed E-state index contributed by atoms with van der Waals surface area (Å²) in [7, 11) is 1.20. The van der Waals surface area contributed by atoms with Crippen LogP contribution in [0.15, 0.2) is 36.4 Å². The van der Waals surface area contributed by atoms with E-state index in [1.54, 1.807) is 37.3 Å². The molecule has 9 heteroatoms. The van der Waals surface area contributed by atoms with Crippen LogP contribution in [0.5, 0.6) is 5.75 Å². The zero-order chi connectivity index (χ0) is 32.8. The van der Waals surface area contributed by atoms with Crippen LogP contribution in [0.1, 0.15) is 103 Å². The van der Waals surface area contributed by atoms with E-state index < -0.39 is 35.4 Å². The molecule has 0 aromatic heterocycles. The number of hydrogen-bond donors (Lipinski definition) is 3. The van der Waals surface area contributed by atoms with Crippen molar-refractivity contribution in [3.05, 3.63) is 42.0 Å². The number of carboxylic acid groups (broad SMARTS) is 1. The molecule has 244 valence electrons. The van der Waals surface area contributed by atoms with E-state index in [0.29, 0.717) is 36.4 Å². The number of aliphatic carboxylic acids is 1. The van der Waals surface area contributed by atoms with Gasteiger partial charge in [0.15, 0.2) is 5.60 Å². The van der Waals surface area contributed by atoms with Crippen molar-refractivity contribution in [2.24, 2.45) is 5.92 Å². The first-order valence-corrected chi connectivity index (χ1v) is 15.7. The molecule has 1 aromatic carbocycles. The summed E-state index contributed by atoms with van der Waals surface area (Å²) in [5, 5.41) is 22.9. The van der Waals surface area contributed by atoms with E-state index in [-0.39, 0.29) is 13.0 Å². The zero-order valence-corrected chi connectivity index (χ0v) is 26.9. The Balaban J connectivity index is 2.70. The predicted octanol–water partition coefficient (Wildman–Crippen LogP) is 5.57. The number of allylic oxidation sites excluding steroid dienone is 1. The van der Waals surface area contributed by atoms with Gasteiger partial charge in [-0.15, -0.1) is 5.92 Å². The largest absolute Gasteiger partial charge is 0.481 e. The van der Waals surface area contributed by atoms with Gasteiger partial charge in [-0.1, -0.05) is 75.7 Å². The van der Waals surface area contributed by atoms with Crippen LogP contribution in [-0.4, -0.2) is 59.2 Å². The molecule has 0 radical (unpaired) electrons. The van der Waals surface area contributed by atoms with Crippen LogP contribution in [-0.2, 0) is 30.3 Å². The number of aliphatic hydroxyl groups is 1. The minimum Gasteiger partial charge on any atom is -0.481 e. The summed E-state index contributed by atoms with van der Waals surface area (Å²) < 4.78 is 10.4. The maximum Gasteiger partial charge on any atom is 0.336 e. The number of amides is 1. The quantitative estimate of drug-likeness (QED) is 0.0630. The second-order valence-electron chi connectivity index (χ2n) is 11.2. The minimum atomic E-state index is -2.40. The molecule has 0 fully saturated rings. The van der Waals surface area contributed by atoms with Gasteiger partial charge in [0.05, 0.1) is 13.0 Å². The van der Waals surface area contributed by atoms with E-state index in [0.717, 1.165) is 45.4 Å². The number of carbonyl (C=O) groups excluding carboxylic acids is 3. The number of methoxy groups -OCH3 is 1. The Kier molecular flexibility index (Phi) is 19.2. The summed E-state index contributed by atoms with van der Waals surface area (Å²) in [5.41, 5.74) is -1.70. The first kappa shape index (κ1) is 38.4. The number of ether oxygens (including phenoxy) is 2. The van der Waals surface area contributed by atoms with E-state index in [9.17, 15) is 29.4 Å². The maximum atomic E-state index is 13.3. The minimum absolute atomic E-state index is 0.0838. The molecule has 44 heavy (non-hydrogen) atoms. The molecule has 1 rings (SSSR count). The summed E-state index contributed by atoms with van der Waals surface area (Å²) >= 11 is 0. The number of Topliss-reactive ketones (excluding diaryl/α,β-unsaturated/α-hetero) is 1. The average Bonchev–Trinajstić information content (AvgIpc) is 3.00. The second kappa shape index (κ2) is 22.0. The van der Waals surface area contributed by atoms with E-state index in [1.807, 2.05) is 0 Å². The van der Waals surface area contributed by atoms with E-state index in [1.165, 1.54) is 32.4 Å². The van der Waals surface area contributed by atoms with Crippen molar-refractivity contribution in [1.82, 2.24) is 5.32 Å². The van der Waals surface area contributed by atoms with Crippen LogP contribution in [0.3, 0.4) is 0 Å². The highest BCUT2D eigenvalue weighted by atomic mass is 16.5. The highest BCUT2D eigenvalue weighted by molar-refractivity contribution is 5.92. The molecule has 0 aliphatic carbocycles. The number of benzene rings is 1. The normalized spacial score (nSPS) is 13.7. The molecule has 0 bridgehead atoms. The molecule has 0 saturated heterocycles. The van der Waals surface area contributed by atoms with Gasteiger partial charge in [-0.05, 0) is 57.2 Å². The van der Waals surface area contributed by atoms with Gasteiger partial charge in [-0.2, -0.15) is 0 Å². The molecule has 1 unspecified atom stereocenters. The van der Waals surface area contributed by atoms with Gasteiger partial charge in [-0.3, -0.25) is 9.59 Å². The van der Waals surface area contributed by atoms with Gasteiger partial charge in [0.2, 0.25) is 5.91 Å². The van der Waals surface area contributed by atoms with E-state index >= 15 is 0 Å². The molecule has 9 nitrogen and oxygen atoms in total. The first-order valence-electron chi connectivity index (χ1n) is 15.7. The topological polar surface area (TPSA) is 139 Å². The lowest BCUT2D eigenvalue weighted by atomic mass is 9.87. The molecule has 1 aromatic rings. The third kappa shape index (κ3) is 15.2. The first-order chi connectivity index (χ1) is 21.1. The van der Waals surface area contributed by atoms with Gasteiger partial charge in [0.25, 0.3) is 0 Å². The van der Waals surface area contributed by atoms with Crippen molar-refractivity contribution in [2.45, 2.75) is 116 Å². The van der Waals surface area contributed by atoms with Gasteiger partial charge in [0.1, 0.15) is 24.2 Å². The fourth-order valence-corrected chi connectivity index (χ4v) is 4.63. The Morgan fingerprint density at radius 3 is 2.16 bits per heavy atom. The molecular weight excluding hydrogens is 562 g/mol.